The summed E-state index contributed by atoms with van der Waals surface area (Å²) < 4.78 is 4.92. The van der Waals surface area contributed by atoms with E-state index in [1.165, 1.54) is 0 Å². The standard InChI is InChI=1S/C11H18N2O2/c1-8(2)6-11(14)12-5-4-10-7-9(3)15-13-10/h7-8H,4-6H2,1-3H3,(H,12,14). The molecule has 0 unspecified atom stereocenters. The highest BCUT2D eigenvalue weighted by Gasteiger charge is 2.05. The van der Waals surface area contributed by atoms with Crippen LogP contribution in [0.5, 0.6) is 0 Å². The molecule has 4 nitrogen and oxygen atoms in total. The van der Waals surface area contributed by atoms with Crippen LogP contribution in [0.4, 0.5) is 0 Å². The normalized spacial score (nSPS) is 10.7. The molecule has 0 spiro atoms. The highest BCUT2D eigenvalue weighted by Crippen LogP contribution is 2.02. The minimum Gasteiger partial charge on any atom is -0.361 e. The van der Waals surface area contributed by atoms with E-state index in [9.17, 15) is 4.79 Å². The molecular weight excluding hydrogens is 192 g/mol. The van der Waals surface area contributed by atoms with Crippen molar-refractivity contribution in [1.29, 1.82) is 0 Å². The number of nitrogens with one attached hydrogen (secondary N) is 1. The van der Waals surface area contributed by atoms with E-state index >= 15 is 0 Å². The lowest BCUT2D eigenvalue weighted by molar-refractivity contribution is -0.121. The van der Waals surface area contributed by atoms with Gasteiger partial charge in [-0.2, -0.15) is 0 Å². The van der Waals surface area contributed by atoms with Gasteiger partial charge in [0.1, 0.15) is 5.76 Å². The molecule has 4 heteroatoms. The quantitative estimate of drug-likeness (QED) is 0.804. The van der Waals surface area contributed by atoms with Crippen molar-refractivity contribution in [3.05, 3.63) is 17.5 Å². The van der Waals surface area contributed by atoms with Gasteiger partial charge in [-0.05, 0) is 12.8 Å². The molecule has 1 aromatic heterocycles. The van der Waals surface area contributed by atoms with Gasteiger partial charge in [0, 0.05) is 25.5 Å². The zero-order valence-electron chi connectivity index (χ0n) is 9.54. The molecule has 0 atom stereocenters. The van der Waals surface area contributed by atoms with Gasteiger partial charge in [0.15, 0.2) is 0 Å². The smallest absolute Gasteiger partial charge is 0.220 e. The van der Waals surface area contributed by atoms with E-state index in [0.717, 1.165) is 17.9 Å². The number of amides is 1. The third-order valence-electron chi connectivity index (χ3n) is 1.97. The Morgan fingerprint density at radius 2 is 2.33 bits per heavy atom. The maximum atomic E-state index is 11.3. The third-order valence-corrected chi connectivity index (χ3v) is 1.97. The zero-order valence-corrected chi connectivity index (χ0v) is 9.54. The molecule has 0 aliphatic rings. The second-order valence-electron chi connectivity index (χ2n) is 4.13. The van der Waals surface area contributed by atoms with Crippen molar-refractivity contribution in [3.8, 4) is 0 Å². The molecule has 0 aromatic carbocycles. The van der Waals surface area contributed by atoms with E-state index in [1.54, 1.807) is 0 Å². The monoisotopic (exact) mass is 210 g/mol. The molecule has 1 amide bonds. The molecule has 15 heavy (non-hydrogen) atoms. The van der Waals surface area contributed by atoms with Crippen molar-refractivity contribution < 1.29 is 9.32 Å². The first-order chi connectivity index (χ1) is 7.08. The van der Waals surface area contributed by atoms with Gasteiger partial charge in [0.2, 0.25) is 5.91 Å². The number of carbonyl (C=O) groups excluding carboxylic acids is 1. The van der Waals surface area contributed by atoms with Crippen LogP contribution >= 0.6 is 0 Å². The molecule has 0 fully saturated rings. The van der Waals surface area contributed by atoms with Gasteiger partial charge in [0.25, 0.3) is 0 Å². The summed E-state index contributed by atoms with van der Waals surface area (Å²) in [5, 5.41) is 6.70. The van der Waals surface area contributed by atoms with Gasteiger partial charge >= 0.3 is 0 Å². The second kappa shape index (κ2) is 5.53. The summed E-state index contributed by atoms with van der Waals surface area (Å²) >= 11 is 0. The summed E-state index contributed by atoms with van der Waals surface area (Å²) in [5.74, 6) is 1.31. The molecule has 1 rings (SSSR count). The van der Waals surface area contributed by atoms with Crippen molar-refractivity contribution in [2.75, 3.05) is 6.54 Å². The average Bonchev–Trinajstić information content (AvgIpc) is 2.50. The molecule has 1 aromatic rings. The number of hydrogen-bond donors (Lipinski definition) is 1. The van der Waals surface area contributed by atoms with Crippen molar-refractivity contribution in [1.82, 2.24) is 10.5 Å². The van der Waals surface area contributed by atoms with Crippen LogP contribution in [-0.2, 0) is 11.2 Å². The van der Waals surface area contributed by atoms with Gasteiger partial charge in [-0.15, -0.1) is 0 Å². The van der Waals surface area contributed by atoms with Crippen molar-refractivity contribution >= 4 is 5.91 Å². The molecule has 0 saturated heterocycles. The summed E-state index contributed by atoms with van der Waals surface area (Å²) in [6.45, 7) is 6.53. The number of aryl methyl sites for hydroxylation is 1. The van der Waals surface area contributed by atoms with E-state index in [2.05, 4.69) is 10.5 Å². The lowest BCUT2D eigenvalue weighted by Crippen LogP contribution is -2.26. The summed E-state index contributed by atoms with van der Waals surface area (Å²) in [7, 11) is 0. The van der Waals surface area contributed by atoms with Crippen LogP contribution < -0.4 is 5.32 Å². The van der Waals surface area contributed by atoms with Crippen molar-refractivity contribution in [3.63, 3.8) is 0 Å². The van der Waals surface area contributed by atoms with Crippen LogP contribution in [-0.4, -0.2) is 17.6 Å². The summed E-state index contributed by atoms with van der Waals surface area (Å²) in [4.78, 5) is 11.3. The van der Waals surface area contributed by atoms with E-state index in [1.807, 2.05) is 26.8 Å². The van der Waals surface area contributed by atoms with Crippen LogP contribution in [0.3, 0.4) is 0 Å². The maximum Gasteiger partial charge on any atom is 0.220 e. The second-order valence-corrected chi connectivity index (χ2v) is 4.13. The maximum absolute atomic E-state index is 11.3. The highest BCUT2D eigenvalue weighted by molar-refractivity contribution is 5.76. The van der Waals surface area contributed by atoms with Gasteiger partial charge in [0.05, 0.1) is 5.69 Å². The van der Waals surface area contributed by atoms with Crippen LogP contribution in [0.2, 0.25) is 0 Å². The predicted octanol–water partition coefficient (Wildman–Crippen LogP) is 1.69. The Morgan fingerprint density at radius 3 is 2.87 bits per heavy atom. The summed E-state index contributed by atoms with van der Waals surface area (Å²) in [6, 6.07) is 1.88. The van der Waals surface area contributed by atoms with Gasteiger partial charge in [-0.3, -0.25) is 4.79 Å². The zero-order chi connectivity index (χ0) is 11.3. The van der Waals surface area contributed by atoms with Crippen LogP contribution in [0.15, 0.2) is 10.6 Å². The van der Waals surface area contributed by atoms with E-state index < -0.39 is 0 Å². The van der Waals surface area contributed by atoms with Crippen LogP contribution in [0.1, 0.15) is 31.7 Å². The molecule has 1 heterocycles. The Kier molecular flexibility index (Phi) is 4.34. The fourth-order valence-electron chi connectivity index (χ4n) is 1.31. The minimum absolute atomic E-state index is 0.102. The van der Waals surface area contributed by atoms with E-state index in [0.29, 0.717) is 18.9 Å². The van der Waals surface area contributed by atoms with Gasteiger partial charge in [-0.1, -0.05) is 19.0 Å². The number of carbonyl (C=O) groups is 1. The Labute approximate surface area is 90.0 Å². The first-order valence-electron chi connectivity index (χ1n) is 5.27. The molecule has 0 aliphatic heterocycles. The van der Waals surface area contributed by atoms with Crippen molar-refractivity contribution in [2.45, 2.75) is 33.6 Å². The Bertz CT molecular complexity index is 318. The first kappa shape index (κ1) is 11.8. The summed E-state index contributed by atoms with van der Waals surface area (Å²) in [6.07, 6.45) is 1.30. The molecule has 1 N–H and O–H groups in total. The fourth-order valence-corrected chi connectivity index (χ4v) is 1.31. The lowest BCUT2D eigenvalue weighted by Gasteiger charge is -2.05. The molecule has 0 radical (unpaired) electrons. The van der Waals surface area contributed by atoms with Crippen LogP contribution in [0, 0.1) is 12.8 Å². The largest absolute Gasteiger partial charge is 0.361 e. The molecule has 0 aliphatic carbocycles. The Balaban J connectivity index is 2.19. The molecule has 0 saturated carbocycles. The minimum atomic E-state index is 0.102. The Morgan fingerprint density at radius 1 is 1.60 bits per heavy atom. The Hall–Kier alpha value is -1.32. The first-order valence-corrected chi connectivity index (χ1v) is 5.27. The average molecular weight is 210 g/mol. The SMILES string of the molecule is Cc1cc(CCNC(=O)CC(C)C)no1. The molecule has 0 bridgehead atoms. The van der Waals surface area contributed by atoms with Gasteiger partial charge in [-0.25, -0.2) is 0 Å². The number of rotatable bonds is 5. The van der Waals surface area contributed by atoms with Crippen molar-refractivity contribution in [2.24, 2.45) is 5.92 Å². The molecule has 84 valence electrons. The number of nitrogens with zero attached hydrogens (tertiary/aromatic N) is 1. The molecular formula is C11H18N2O2. The lowest BCUT2D eigenvalue weighted by atomic mass is 10.1. The fraction of sp³-hybridized carbons (Fsp3) is 0.636. The topological polar surface area (TPSA) is 55.1 Å². The predicted molar refractivity (Wildman–Crippen MR) is 57.4 cm³/mol. The number of aromatic nitrogens is 1. The van der Waals surface area contributed by atoms with Crippen LogP contribution in [0.25, 0.3) is 0 Å². The van der Waals surface area contributed by atoms with Gasteiger partial charge < -0.3 is 9.84 Å². The number of hydrogen-bond acceptors (Lipinski definition) is 3. The van der Waals surface area contributed by atoms with E-state index in [4.69, 9.17) is 4.52 Å². The summed E-state index contributed by atoms with van der Waals surface area (Å²) in [5.41, 5.74) is 0.886. The highest BCUT2D eigenvalue weighted by atomic mass is 16.5. The third kappa shape index (κ3) is 4.63. The van der Waals surface area contributed by atoms with E-state index in [-0.39, 0.29) is 5.91 Å².